The number of thiophene rings is 1. The fourth-order valence-electron chi connectivity index (χ4n) is 2.35. The molecule has 3 heterocycles. The average Bonchev–Trinajstić information content (AvgIpc) is 3.05. The number of nitrogens with zero attached hydrogens (tertiary/aromatic N) is 1. The minimum Gasteiger partial charge on any atom is -0.354 e. The van der Waals surface area contributed by atoms with Crippen LogP contribution in [-0.2, 0) is 0 Å². The summed E-state index contributed by atoms with van der Waals surface area (Å²) in [7, 11) is 0. The summed E-state index contributed by atoms with van der Waals surface area (Å²) in [6, 6.07) is 14.4. The van der Waals surface area contributed by atoms with Gasteiger partial charge >= 0.3 is 0 Å². The van der Waals surface area contributed by atoms with E-state index < -0.39 is 0 Å². The van der Waals surface area contributed by atoms with Gasteiger partial charge in [-0.15, -0.1) is 11.3 Å². The lowest BCUT2D eigenvalue weighted by Crippen LogP contribution is -1.91. The number of fused-ring (bicyclic) bond motifs is 3. The molecule has 4 rings (SSSR count). The Balaban J connectivity index is 1.99. The smallest absolute Gasteiger partial charge is 0.141 e. The van der Waals surface area contributed by atoms with Crippen LogP contribution in [0.25, 0.3) is 21.8 Å². The van der Waals surface area contributed by atoms with Crippen LogP contribution in [0.2, 0.25) is 0 Å². The SMILES string of the molecule is c1csc(Nc2nccc3[nH]c4ccccc4c23)c1. The molecule has 0 aliphatic carbocycles. The lowest BCUT2D eigenvalue weighted by Gasteiger charge is -2.04. The van der Waals surface area contributed by atoms with Crippen molar-refractivity contribution >= 4 is 44.0 Å². The third-order valence-electron chi connectivity index (χ3n) is 3.18. The Hall–Kier alpha value is -2.33. The molecule has 4 heteroatoms. The van der Waals surface area contributed by atoms with E-state index in [2.05, 4.69) is 44.9 Å². The maximum Gasteiger partial charge on any atom is 0.141 e. The van der Waals surface area contributed by atoms with E-state index >= 15 is 0 Å². The monoisotopic (exact) mass is 265 g/mol. The fraction of sp³-hybridized carbons (Fsp3) is 0. The molecule has 0 saturated carbocycles. The van der Waals surface area contributed by atoms with Gasteiger partial charge in [-0.1, -0.05) is 18.2 Å². The van der Waals surface area contributed by atoms with Gasteiger partial charge in [-0.2, -0.15) is 0 Å². The minimum atomic E-state index is 0.900. The Bertz CT molecular complexity index is 846. The van der Waals surface area contributed by atoms with Crippen molar-refractivity contribution in [1.29, 1.82) is 0 Å². The zero-order chi connectivity index (χ0) is 12.7. The summed E-state index contributed by atoms with van der Waals surface area (Å²) in [5, 5.41) is 8.89. The van der Waals surface area contributed by atoms with Gasteiger partial charge in [0.2, 0.25) is 0 Å². The molecule has 0 saturated heterocycles. The third-order valence-corrected chi connectivity index (χ3v) is 3.96. The van der Waals surface area contributed by atoms with Crippen LogP contribution in [0.15, 0.2) is 54.0 Å². The molecule has 4 aromatic rings. The number of aromatic amines is 1. The molecule has 0 amide bonds. The first-order chi connectivity index (χ1) is 9.42. The zero-order valence-electron chi connectivity index (χ0n) is 10.1. The number of benzene rings is 1. The van der Waals surface area contributed by atoms with Crippen LogP contribution in [0.5, 0.6) is 0 Å². The van der Waals surface area contributed by atoms with Gasteiger partial charge in [-0.3, -0.25) is 0 Å². The zero-order valence-corrected chi connectivity index (χ0v) is 10.9. The first-order valence-electron chi connectivity index (χ1n) is 6.08. The molecule has 0 atom stereocenters. The van der Waals surface area contributed by atoms with Gasteiger partial charge in [-0.25, -0.2) is 4.98 Å². The molecule has 0 radical (unpaired) electrons. The summed E-state index contributed by atoms with van der Waals surface area (Å²) in [4.78, 5) is 7.90. The molecule has 0 unspecified atom stereocenters. The molecular formula is C15H11N3S. The maximum atomic E-state index is 4.48. The second-order valence-electron chi connectivity index (χ2n) is 4.36. The van der Waals surface area contributed by atoms with Crippen molar-refractivity contribution in [2.45, 2.75) is 0 Å². The number of anilines is 2. The van der Waals surface area contributed by atoms with Gasteiger partial charge in [0.1, 0.15) is 5.82 Å². The second-order valence-corrected chi connectivity index (χ2v) is 5.30. The standard InChI is InChI=1S/C15H11N3S/c1-2-5-11-10(4-1)14-12(17-11)7-8-16-15(14)18-13-6-3-9-19-13/h1-9,17H,(H,16,18). The lowest BCUT2D eigenvalue weighted by atomic mass is 10.2. The summed E-state index contributed by atoms with van der Waals surface area (Å²) in [6.07, 6.45) is 1.83. The predicted octanol–water partition coefficient (Wildman–Crippen LogP) is 4.52. The molecule has 0 aliphatic rings. The molecule has 0 aliphatic heterocycles. The van der Waals surface area contributed by atoms with Crippen molar-refractivity contribution in [3.63, 3.8) is 0 Å². The van der Waals surface area contributed by atoms with Crippen molar-refractivity contribution in [2.75, 3.05) is 5.32 Å². The first kappa shape index (κ1) is 10.6. The van der Waals surface area contributed by atoms with E-state index in [1.807, 2.05) is 24.4 Å². The lowest BCUT2D eigenvalue weighted by molar-refractivity contribution is 1.34. The molecule has 0 fully saturated rings. The number of hydrogen-bond donors (Lipinski definition) is 2. The van der Waals surface area contributed by atoms with Crippen LogP contribution in [0.4, 0.5) is 10.8 Å². The molecule has 0 bridgehead atoms. The van der Waals surface area contributed by atoms with Crippen molar-refractivity contribution < 1.29 is 0 Å². The summed E-state index contributed by atoms with van der Waals surface area (Å²) in [5.74, 6) is 0.900. The number of aromatic nitrogens is 2. The van der Waals surface area contributed by atoms with Crippen LogP contribution < -0.4 is 5.32 Å². The normalized spacial score (nSPS) is 11.2. The topological polar surface area (TPSA) is 40.7 Å². The summed E-state index contributed by atoms with van der Waals surface area (Å²) >= 11 is 1.67. The van der Waals surface area contributed by atoms with Gasteiger partial charge in [0, 0.05) is 17.1 Å². The fourth-order valence-corrected chi connectivity index (χ4v) is 2.97. The van der Waals surface area contributed by atoms with Crippen LogP contribution in [-0.4, -0.2) is 9.97 Å². The molecule has 1 aromatic carbocycles. The third kappa shape index (κ3) is 1.69. The number of pyridine rings is 1. The highest BCUT2D eigenvalue weighted by molar-refractivity contribution is 7.14. The second kappa shape index (κ2) is 4.10. The Kier molecular flexibility index (Phi) is 2.28. The number of rotatable bonds is 2. The Morgan fingerprint density at radius 1 is 1.00 bits per heavy atom. The highest BCUT2D eigenvalue weighted by Gasteiger charge is 2.09. The van der Waals surface area contributed by atoms with Crippen LogP contribution in [0.3, 0.4) is 0 Å². The average molecular weight is 265 g/mol. The van der Waals surface area contributed by atoms with Gasteiger partial charge in [0.25, 0.3) is 0 Å². The van der Waals surface area contributed by atoms with Crippen molar-refractivity contribution in [1.82, 2.24) is 9.97 Å². The number of para-hydroxylation sites is 1. The molecule has 3 aromatic heterocycles. The van der Waals surface area contributed by atoms with Crippen molar-refractivity contribution in [3.8, 4) is 0 Å². The van der Waals surface area contributed by atoms with E-state index in [1.54, 1.807) is 11.3 Å². The van der Waals surface area contributed by atoms with Gasteiger partial charge in [-0.05, 0) is 29.6 Å². The van der Waals surface area contributed by atoms with Crippen LogP contribution in [0.1, 0.15) is 0 Å². The summed E-state index contributed by atoms with van der Waals surface area (Å²) < 4.78 is 0. The molecule has 0 spiro atoms. The first-order valence-corrected chi connectivity index (χ1v) is 6.96. The summed E-state index contributed by atoms with van der Waals surface area (Å²) in [6.45, 7) is 0. The number of H-pyrrole nitrogens is 1. The van der Waals surface area contributed by atoms with E-state index in [0.717, 1.165) is 27.2 Å². The Morgan fingerprint density at radius 2 is 1.95 bits per heavy atom. The summed E-state index contributed by atoms with van der Waals surface area (Å²) in [5.41, 5.74) is 2.25. The molecule has 19 heavy (non-hydrogen) atoms. The van der Waals surface area contributed by atoms with Crippen LogP contribution >= 0.6 is 11.3 Å². The number of nitrogens with one attached hydrogen (secondary N) is 2. The molecule has 92 valence electrons. The van der Waals surface area contributed by atoms with Gasteiger partial charge < -0.3 is 10.3 Å². The van der Waals surface area contributed by atoms with Crippen LogP contribution in [0, 0.1) is 0 Å². The minimum absolute atomic E-state index is 0.900. The number of hydrogen-bond acceptors (Lipinski definition) is 3. The van der Waals surface area contributed by atoms with Gasteiger partial charge in [0.05, 0.1) is 15.9 Å². The predicted molar refractivity (Wildman–Crippen MR) is 81.2 cm³/mol. The Morgan fingerprint density at radius 3 is 2.84 bits per heavy atom. The van der Waals surface area contributed by atoms with Crippen molar-refractivity contribution in [2.24, 2.45) is 0 Å². The highest BCUT2D eigenvalue weighted by atomic mass is 32.1. The van der Waals surface area contributed by atoms with E-state index in [9.17, 15) is 0 Å². The van der Waals surface area contributed by atoms with Crippen molar-refractivity contribution in [3.05, 3.63) is 54.0 Å². The molecular weight excluding hydrogens is 254 g/mol. The van der Waals surface area contributed by atoms with E-state index in [-0.39, 0.29) is 0 Å². The quantitative estimate of drug-likeness (QED) is 0.559. The maximum absolute atomic E-state index is 4.48. The highest BCUT2D eigenvalue weighted by Crippen LogP contribution is 2.32. The van der Waals surface area contributed by atoms with Gasteiger partial charge in [0.15, 0.2) is 0 Å². The van der Waals surface area contributed by atoms with E-state index in [0.29, 0.717) is 0 Å². The largest absolute Gasteiger partial charge is 0.354 e. The Labute approximate surface area is 113 Å². The van der Waals surface area contributed by atoms with E-state index in [1.165, 1.54) is 5.39 Å². The molecule has 2 N–H and O–H groups in total. The van der Waals surface area contributed by atoms with E-state index in [4.69, 9.17) is 0 Å². The molecule has 3 nitrogen and oxygen atoms in total.